The molecule has 1 aromatic carbocycles. The first-order valence-corrected chi connectivity index (χ1v) is 10.6. The van der Waals surface area contributed by atoms with Gasteiger partial charge in [0.15, 0.2) is 11.5 Å². The van der Waals surface area contributed by atoms with E-state index in [1.165, 1.54) is 7.05 Å². The Bertz CT molecular complexity index is 1170. The summed E-state index contributed by atoms with van der Waals surface area (Å²) in [5.74, 6) is 0.218. The number of hydrogen-bond donors (Lipinski definition) is 0. The van der Waals surface area contributed by atoms with E-state index in [2.05, 4.69) is 10.1 Å². The molecular formula is C23H22F3N5O. The van der Waals surface area contributed by atoms with Gasteiger partial charge >= 0.3 is 6.18 Å². The number of rotatable bonds is 2. The summed E-state index contributed by atoms with van der Waals surface area (Å²) in [6.07, 6.45) is 0.605. The predicted octanol–water partition coefficient (Wildman–Crippen LogP) is 4.02. The maximum Gasteiger partial charge on any atom is 0.435 e. The molecule has 1 unspecified atom stereocenters. The van der Waals surface area contributed by atoms with Crippen LogP contribution >= 0.6 is 0 Å². The SMILES string of the molecule is Cn1nc(C(F)(F)F)cc1C(=O)N1CCCC2(CCc3cnc(-c4ccccc4)nc32)C1. The first-order chi connectivity index (χ1) is 15.3. The zero-order valence-corrected chi connectivity index (χ0v) is 17.6. The molecule has 2 aromatic heterocycles. The molecule has 3 aromatic rings. The van der Waals surface area contributed by atoms with Crippen molar-refractivity contribution in [3.05, 3.63) is 65.2 Å². The number of piperidine rings is 1. The lowest BCUT2D eigenvalue weighted by atomic mass is 9.77. The van der Waals surface area contributed by atoms with Crippen molar-refractivity contribution in [2.75, 3.05) is 13.1 Å². The highest BCUT2D eigenvalue weighted by Crippen LogP contribution is 2.44. The lowest BCUT2D eigenvalue weighted by Crippen LogP contribution is -2.48. The predicted molar refractivity (Wildman–Crippen MR) is 111 cm³/mol. The van der Waals surface area contributed by atoms with E-state index in [4.69, 9.17) is 4.98 Å². The van der Waals surface area contributed by atoms with Gasteiger partial charge in [-0.3, -0.25) is 9.48 Å². The topological polar surface area (TPSA) is 63.9 Å². The number of nitrogens with zero attached hydrogens (tertiary/aromatic N) is 5. The van der Waals surface area contributed by atoms with Crippen molar-refractivity contribution in [3.63, 3.8) is 0 Å². The number of carbonyl (C=O) groups excluding carboxylic acids is 1. The van der Waals surface area contributed by atoms with Crippen molar-refractivity contribution in [3.8, 4) is 11.4 Å². The third-order valence-corrected chi connectivity index (χ3v) is 6.53. The molecular weight excluding hydrogens is 419 g/mol. The van der Waals surface area contributed by atoms with Crippen LogP contribution in [0, 0.1) is 0 Å². The zero-order chi connectivity index (χ0) is 22.5. The number of aromatic nitrogens is 4. The molecule has 6 nitrogen and oxygen atoms in total. The number of alkyl halides is 3. The van der Waals surface area contributed by atoms with Gasteiger partial charge < -0.3 is 4.90 Å². The summed E-state index contributed by atoms with van der Waals surface area (Å²) >= 11 is 0. The van der Waals surface area contributed by atoms with Crippen LogP contribution in [0.3, 0.4) is 0 Å². The molecule has 3 heterocycles. The quantitative estimate of drug-likeness (QED) is 0.603. The van der Waals surface area contributed by atoms with Crippen LogP contribution in [0.25, 0.3) is 11.4 Å². The fourth-order valence-electron chi connectivity index (χ4n) is 4.94. The third kappa shape index (κ3) is 3.45. The summed E-state index contributed by atoms with van der Waals surface area (Å²) in [5, 5.41) is 3.49. The molecule has 1 saturated heterocycles. The van der Waals surface area contributed by atoms with Crippen molar-refractivity contribution in [2.45, 2.75) is 37.3 Å². The van der Waals surface area contributed by atoms with Gasteiger partial charge in [0, 0.05) is 43.4 Å². The van der Waals surface area contributed by atoms with E-state index in [0.29, 0.717) is 18.9 Å². The van der Waals surface area contributed by atoms with Crippen LogP contribution in [0.15, 0.2) is 42.6 Å². The third-order valence-electron chi connectivity index (χ3n) is 6.53. The molecule has 5 rings (SSSR count). The summed E-state index contributed by atoms with van der Waals surface area (Å²) in [6.45, 7) is 0.926. The molecule has 1 aliphatic carbocycles. The van der Waals surface area contributed by atoms with Gasteiger partial charge in [-0.05, 0) is 31.2 Å². The van der Waals surface area contributed by atoms with Gasteiger partial charge in [-0.1, -0.05) is 30.3 Å². The number of aryl methyl sites for hydroxylation is 2. The van der Waals surface area contributed by atoms with E-state index in [1.54, 1.807) is 4.90 Å². The minimum atomic E-state index is -4.59. The molecule has 32 heavy (non-hydrogen) atoms. The van der Waals surface area contributed by atoms with Crippen molar-refractivity contribution in [1.82, 2.24) is 24.6 Å². The Morgan fingerprint density at radius 2 is 1.94 bits per heavy atom. The van der Waals surface area contributed by atoms with E-state index in [1.807, 2.05) is 36.5 Å². The average Bonchev–Trinajstić information content (AvgIpc) is 3.35. The molecule has 0 radical (unpaired) electrons. The van der Waals surface area contributed by atoms with E-state index in [0.717, 1.165) is 53.3 Å². The maximum absolute atomic E-state index is 13.2. The molecule has 1 spiro atoms. The summed E-state index contributed by atoms with van der Waals surface area (Å²) in [4.78, 5) is 24.3. The number of hydrogen-bond acceptors (Lipinski definition) is 4. The van der Waals surface area contributed by atoms with Crippen molar-refractivity contribution in [1.29, 1.82) is 0 Å². The number of likely N-dealkylation sites (tertiary alicyclic amines) is 1. The lowest BCUT2D eigenvalue weighted by Gasteiger charge is -2.40. The first-order valence-electron chi connectivity index (χ1n) is 10.6. The van der Waals surface area contributed by atoms with Crippen molar-refractivity contribution >= 4 is 5.91 Å². The summed E-state index contributed by atoms with van der Waals surface area (Å²) in [5.41, 5.74) is 1.56. The largest absolute Gasteiger partial charge is 0.435 e. The second-order valence-electron chi connectivity index (χ2n) is 8.58. The number of halogens is 3. The zero-order valence-electron chi connectivity index (χ0n) is 17.6. The Labute approximate surface area is 183 Å². The molecule has 1 amide bonds. The highest BCUT2D eigenvalue weighted by atomic mass is 19.4. The van der Waals surface area contributed by atoms with Gasteiger partial charge in [-0.15, -0.1) is 0 Å². The van der Waals surface area contributed by atoms with Gasteiger partial charge in [-0.2, -0.15) is 18.3 Å². The highest BCUT2D eigenvalue weighted by Gasteiger charge is 2.45. The number of fused-ring (bicyclic) bond motifs is 2. The molecule has 1 fully saturated rings. The highest BCUT2D eigenvalue weighted by molar-refractivity contribution is 5.93. The Morgan fingerprint density at radius 1 is 1.16 bits per heavy atom. The Balaban J connectivity index is 1.45. The second kappa shape index (κ2) is 7.43. The Hall–Kier alpha value is -3.23. The van der Waals surface area contributed by atoms with Crippen LogP contribution in [-0.4, -0.2) is 43.6 Å². The standard InChI is InChI=1S/C23H22F3N5O/c1-30-17(12-18(29-30)23(24,25)26)21(32)31-11-5-9-22(14-31)10-8-16-13-27-20(28-19(16)22)15-6-3-2-4-7-15/h2-4,6-7,12-13H,5,8-11,14H2,1H3. The first kappa shape index (κ1) is 20.7. The van der Waals surface area contributed by atoms with E-state index in [9.17, 15) is 18.0 Å². The minimum absolute atomic E-state index is 0.0553. The Kier molecular flexibility index (Phi) is 4.79. The molecule has 0 bridgehead atoms. The molecule has 9 heteroatoms. The summed E-state index contributed by atoms with van der Waals surface area (Å²) < 4.78 is 40.2. The average molecular weight is 441 g/mol. The fourth-order valence-corrected chi connectivity index (χ4v) is 4.94. The van der Waals surface area contributed by atoms with Crippen LogP contribution in [0.5, 0.6) is 0 Å². The molecule has 1 atom stereocenters. The summed E-state index contributed by atoms with van der Waals surface area (Å²) in [7, 11) is 1.37. The normalized spacial score (nSPS) is 20.6. The summed E-state index contributed by atoms with van der Waals surface area (Å²) in [6, 6.07) is 10.6. The number of amides is 1. The van der Waals surface area contributed by atoms with Gasteiger partial charge in [0.25, 0.3) is 5.91 Å². The van der Waals surface area contributed by atoms with Crippen LogP contribution in [0.1, 0.15) is 46.7 Å². The molecule has 2 aliphatic rings. The monoisotopic (exact) mass is 441 g/mol. The number of benzene rings is 1. The number of carbonyl (C=O) groups is 1. The van der Waals surface area contributed by atoms with Crippen LogP contribution in [0.4, 0.5) is 13.2 Å². The smallest absolute Gasteiger partial charge is 0.336 e. The fraction of sp³-hybridized carbons (Fsp3) is 0.391. The lowest BCUT2D eigenvalue weighted by molar-refractivity contribution is -0.141. The van der Waals surface area contributed by atoms with Gasteiger partial charge in [-0.25, -0.2) is 9.97 Å². The van der Waals surface area contributed by atoms with Gasteiger partial charge in [0.1, 0.15) is 5.69 Å². The molecule has 166 valence electrons. The molecule has 0 N–H and O–H groups in total. The minimum Gasteiger partial charge on any atom is -0.336 e. The second-order valence-corrected chi connectivity index (χ2v) is 8.58. The van der Waals surface area contributed by atoms with Crippen molar-refractivity contribution < 1.29 is 18.0 Å². The van der Waals surface area contributed by atoms with Gasteiger partial charge in [0.05, 0.1) is 5.69 Å². The van der Waals surface area contributed by atoms with E-state index >= 15 is 0 Å². The van der Waals surface area contributed by atoms with Crippen molar-refractivity contribution in [2.24, 2.45) is 7.05 Å². The molecule has 0 saturated carbocycles. The van der Waals surface area contributed by atoms with Crippen LogP contribution in [-0.2, 0) is 25.1 Å². The molecule has 1 aliphatic heterocycles. The van der Waals surface area contributed by atoms with Crippen LogP contribution < -0.4 is 0 Å². The maximum atomic E-state index is 13.2. The van der Waals surface area contributed by atoms with Gasteiger partial charge in [0.2, 0.25) is 0 Å². The van der Waals surface area contributed by atoms with E-state index < -0.39 is 17.8 Å². The van der Waals surface area contributed by atoms with Crippen LogP contribution in [0.2, 0.25) is 0 Å². The van der Waals surface area contributed by atoms with E-state index in [-0.39, 0.29) is 11.1 Å². The Morgan fingerprint density at radius 3 is 2.66 bits per heavy atom.